The van der Waals surface area contributed by atoms with Crippen LogP contribution in [0.3, 0.4) is 0 Å². The number of allylic oxidation sites excluding steroid dienone is 1. The summed E-state index contributed by atoms with van der Waals surface area (Å²) in [7, 11) is 4.77. The Labute approximate surface area is 208 Å². The molecule has 0 radical (unpaired) electrons. The fourth-order valence-corrected chi connectivity index (χ4v) is 3.94. The van der Waals surface area contributed by atoms with Crippen LogP contribution in [0.2, 0.25) is 0 Å². The number of nitrogens with one attached hydrogen (secondary N) is 1. The molecule has 184 valence electrons. The smallest absolute Gasteiger partial charge is 0.248 e. The van der Waals surface area contributed by atoms with Crippen LogP contribution in [0.1, 0.15) is 22.8 Å². The fourth-order valence-electron chi connectivity index (χ4n) is 3.94. The minimum Gasteiger partial charge on any atom is -0.497 e. The largest absolute Gasteiger partial charge is 0.497 e. The summed E-state index contributed by atoms with van der Waals surface area (Å²) in [6.45, 7) is 1.82. The van der Waals surface area contributed by atoms with Crippen LogP contribution in [-0.4, -0.2) is 33.1 Å². The van der Waals surface area contributed by atoms with E-state index in [1.807, 2.05) is 31.2 Å². The normalized spacial score (nSPS) is 11.3. The summed E-state index contributed by atoms with van der Waals surface area (Å²) >= 11 is 0. The van der Waals surface area contributed by atoms with Crippen molar-refractivity contribution in [2.45, 2.75) is 6.92 Å². The molecule has 36 heavy (non-hydrogen) atoms. The molecule has 8 heteroatoms. The van der Waals surface area contributed by atoms with Gasteiger partial charge in [0.25, 0.3) is 0 Å². The number of benzene rings is 3. The highest BCUT2D eigenvalue weighted by Gasteiger charge is 2.18. The van der Waals surface area contributed by atoms with Crippen LogP contribution in [0, 0.1) is 0 Å². The van der Waals surface area contributed by atoms with Gasteiger partial charge in [-0.15, -0.1) is 0 Å². The van der Waals surface area contributed by atoms with Gasteiger partial charge in [0.15, 0.2) is 0 Å². The first-order valence-corrected chi connectivity index (χ1v) is 11.1. The average molecular weight is 487 g/mol. The third-order valence-corrected chi connectivity index (χ3v) is 5.80. The minimum atomic E-state index is -0.531. The number of furan rings is 1. The van der Waals surface area contributed by atoms with Gasteiger partial charge in [-0.3, -0.25) is 9.59 Å². The molecule has 1 heterocycles. The Morgan fingerprint density at radius 3 is 2.25 bits per heavy atom. The lowest BCUT2D eigenvalue weighted by Gasteiger charge is -2.12. The Hall–Kier alpha value is -4.72. The molecule has 0 spiro atoms. The van der Waals surface area contributed by atoms with Gasteiger partial charge < -0.3 is 29.7 Å². The molecule has 0 saturated heterocycles. The van der Waals surface area contributed by atoms with Crippen molar-refractivity contribution in [3.05, 3.63) is 78.1 Å². The van der Waals surface area contributed by atoms with E-state index in [-0.39, 0.29) is 5.91 Å². The molecule has 0 saturated carbocycles. The molecule has 0 fully saturated rings. The average Bonchev–Trinajstić information content (AvgIpc) is 3.30. The van der Waals surface area contributed by atoms with Crippen LogP contribution in [0.4, 0.5) is 5.69 Å². The number of hydrogen-bond acceptors (Lipinski definition) is 6. The highest BCUT2D eigenvalue weighted by Crippen LogP contribution is 2.41. The van der Waals surface area contributed by atoms with Gasteiger partial charge in [0, 0.05) is 45.5 Å². The number of amides is 2. The Morgan fingerprint density at radius 2 is 1.61 bits per heavy atom. The fraction of sp³-hybridized carbons (Fsp3) is 0.143. The molecule has 0 bridgehead atoms. The third kappa shape index (κ3) is 4.88. The van der Waals surface area contributed by atoms with E-state index in [1.54, 1.807) is 57.9 Å². The molecule has 4 rings (SSSR count). The number of fused-ring (bicyclic) bond motifs is 1. The molecule has 0 aliphatic carbocycles. The van der Waals surface area contributed by atoms with E-state index in [0.717, 1.165) is 22.1 Å². The topological polar surface area (TPSA) is 113 Å². The highest BCUT2D eigenvalue weighted by atomic mass is 16.5. The van der Waals surface area contributed by atoms with Gasteiger partial charge in [-0.25, -0.2) is 0 Å². The summed E-state index contributed by atoms with van der Waals surface area (Å²) in [5.74, 6) is 1.06. The maximum Gasteiger partial charge on any atom is 0.248 e. The van der Waals surface area contributed by atoms with E-state index >= 15 is 0 Å². The lowest BCUT2D eigenvalue weighted by Crippen LogP contribution is -2.12. The molecule has 0 atom stereocenters. The number of carbonyl (C=O) groups excluding carboxylic acids is 2. The van der Waals surface area contributed by atoms with Gasteiger partial charge in [0.05, 0.1) is 27.6 Å². The van der Waals surface area contributed by atoms with Crippen molar-refractivity contribution in [1.29, 1.82) is 0 Å². The maximum atomic E-state index is 12.7. The van der Waals surface area contributed by atoms with Gasteiger partial charge in [-0.2, -0.15) is 0 Å². The van der Waals surface area contributed by atoms with Gasteiger partial charge in [-0.05, 0) is 61.0 Å². The van der Waals surface area contributed by atoms with E-state index < -0.39 is 5.91 Å². The summed E-state index contributed by atoms with van der Waals surface area (Å²) in [6, 6.07) is 15.6. The zero-order chi connectivity index (χ0) is 25.8. The van der Waals surface area contributed by atoms with Crippen LogP contribution in [0.5, 0.6) is 17.2 Å². The molecular weight excluding hydrogens is 460 g/mol. The number of nitrogens with two attached hydrogens (primary N) is 1. The van der Waals surface area contributed by atoms with Gasteiger partial charge in [0.2, 0.25) is 11.8 Å². The second-order valence-electron chi connectivity index (χ2n) is 8.02. The number of ether oxygens (including phenoxy) is 3. The lowest BCUT2D eigenvalue weighted by molar-refractivity contribution is -0.111. The van der Waals surface area contributed by atoms with Gasteiger partial charge in [-0.1, -0.05) is 0 Å². The first kappa shape index (κ1) is 24.4. The third-order valence-electron chi connectivity index (χ3n) is 5.80. The molecule has 0 aliphatic heterocycles. The van der Waals surface area contributed by atoms with E-state index in [9.17, 15) is 9.59 Å². The number of carbonyl (C=O) groups is 2. The zero-order valence-corrected chi connectivity index (χ0v) is 20.4. The van der Waals surface area contributed by atoms with Crippen LogP contribution in [0.15, 0.2) is 71.4 Å². The van der Waals surface area contributed by atoms with Crippen molar-refractivity contribution < 1.29 is 28.2 Å². The second-order valence-corrected chi connectivity index (χ2v) is 8.02. The van der Waals surface area contributed by atoms with E-state index in [2.05, 4.69) is 5.32 Å². The van der Waals surface area contributed by atoms with E-state index in [0.29, 0.717) is 39.7 Å². The monoisotopic (exact) mass is 486 g/mol. The van der Waals surface area contributed by atoms with Gasteiger partial charge in [0.1, 0.15) is 22.8 Å². The maximum absolute atomic E-state index is 12.7. The number of methoxy groups -OCH3 is 3. The summed E-state index contributed by atoms with van der Waals surface area (Å²) in [5.41, 5.74) is 9.84. The van der Waals surface area contributed by atoms with Crippen molar-refractivity contribution in [1.82, 2.24) is 0 Å². The number of primary amides is 1. The molecule has 2 amide bonds. The Kier molecular flexibility index (Phi) is 6.96. The minimum absolute atomic E-state index is 0.330. The van der Waals surface area contributed by atoms with Crippen molar-refractivity contribution >= 4 is 34.0 Å². The molecular formula is C28H26N2O6. The molecule has 0 aliphatic rings. The molecule has 0 unspecified atom stereocenters. The molecule has 4 aromatic rings. The Morgan fingerprint density at radius 1 is 0.889 bits per heavy atom. The predicted octanol–water partition coefficient (Wildman–Crippen LogP) is 5.27. The standard InChI is InChI=1S/C28H26N2O6/c1-16(11-27(31)30-18-7-5-17(6-8-18)28(29)32)20-13-22-23(15-36-26(22)14-25(20)35-4)21-12-19(33-2)9-10-24(21)34-3/h5-15H,1-4H3,(H2,29,32)(H,30,31)/b16-11+. The van der Waals surface area contributed by atoms with Crippen molar-refractivity contribution in [2.24, 2.45) is 5.73 Å². The summed E-state index contributed by atoms with van der Waals surface area (Å²) in [6.07, 6.45) is 3.14. The Balaban J connectivity index is 1.71. The summed E-state index contributed by atoms with van der Waals surface area (Å²) in [5, 5.41) is 3.61. The van der Waals surface area contributed by atoms with E-state index in [4.69, 9.17) is 24.4 Å². The zero-order valence-electron chi connectivity index (χ0n) is 20.4. The van der Waals surface area contributed by atoms with Gasteiger partial charge >= 0.3 is 0 Å². The van der Waals surface area contributed by atoms with Crippen molar-refractivity contribution in [3.63, 3.8) is 0 Å². The van der Waals surface area contributed by atoms with Crippen LogP contribution < -0.4 is 25.3 Å². The predicted molar refractivity (Wildman–Crippen MR) is 139 cm³/mol. The molecule has 8 nitrogen and oxygen atoms in total. The lowest BCUT2D eigenvalue weighted by atomic mass is 9.98. The quantitative estimate of drug-likeness (QED) is 0.328. The number of anilines is 1. The number of rotatable bonds is 8. The SMILES string of the molecule is COc1ccc(OC)c(-c2coc3cc(OC)c(/C(C)=C/C(=O)Nc4ccc(C(N)=O)cc4)cc23)c1. The molecule has 1 aromatic heterocycles. The second kappa shape index (κ2) is 10.3. The van der Waals surface area contributed by atoms with E-state index in [1.165, 1.54) is 6.08 Å². The first-order valence-electron chi connectivity index (χ1n) is 11.1. The number of hydrogen-bond donors (Lipinski definition) is 2. The Bertz CT molecular complexity index is 1470. The highest BCUT2D eigenvalue weighted by molar-refractivity contribution is 6.06. The van der Waals surface area contributed by atoms with Crippen molar-refractivity contribution in [2.75, 3.05) is 26.6 Å². The van der Waals surface area contributed by atoms with Crippen LogP contribution in [0.25, 0.3) is 27.7 Å². The first-order chi connectivity index (χ1) is 17.3. The molecule has 3 N–H and O–H groups in total. The van der Waals surface area contributed by atoms with Crippen LogP contribution >= 0.6 is 0 Å². The van der Waals surface area contributed by atoms with Crippen molar-refractivity contribution in [3.8, 4) is 28.4 Å². The summed E-state index contributed by atoms with van der Waals surface area (Å²) in [4.78, 5) is 23.9. The summed E-state index contributed by atoms with van der Waals surface area (Å²) < 4.78 is 22.4. The van der Waals surface area contributed by atoms with Crippen LogP contribution in [-0.2, 0) is 4.79 Å². The molecule has 3 aromatic carbocycles.